The minimum Gasteiger partial charge on any atom is -0.415 e. The molecule has 6 nitrogen and oxygen atoms in total. The average molecular weight is 424 g/mol. The van der Waals surface area contributed by atoms with Gasteiger partial charge < -0.3 is 27.6 Å². The fraction of sp³-hybridized carbons (Fsp3) is 0.684. The van der Waals surface area contributed by atoms with Crippen LogP contribution in [0.3, 0.4) is 0 Å². The summed E-state index contributed by atoms with van der Waals surface area (Å²) in [5.74, 6) is 0. The predicted octanol–water partition coefficient (Wildman–Crippen LogP) is 2.61. The van der Waals surface area contributed by atoms with Gasteiger partial charge in [-0.2, -0.15) is 0 Å². The van der Waals surface area contributed by atoms with Crippen LogP contribution in [0.15, 0.2) is 30.3 Å². The highest BCUT2D eigenvalue weighted by Crippen LogP contribution is 2.35. The summed E-state index contributed by atoms with van der Waals surface area (Å²) < 4.78 is 37.2. The molecule has 0 N–H and O–H groups in total. The maximum Gasteiger partial charge on any atom is 0.494 e. The van der Waals surface area contributed by atoms with Crippen molar-refractivity contribution in [3.05, 3.63) is 30.3 Å². The van der Waals surface area contributed by atoms with Crippen LogP contribution >= 0.6 is 0 Å². The maximum atomic E-state index is 6.43. The first-order valence-corrected chi connectivity index (χ1v) is 16.7. The van der Waals surface area contributed by atoms with Crippen molar-refractivity contribution in [3.63, 3.8) is 0 Å². The van der Waals surface area contributed by atoms with Gasteiger partial charge in [0, 0.05) is 7.11 Å². The van der Waals surface area contributed by atoms with Crippen LogP contribution in [0.5, 0.6) is 0 Å². The number of hydrogen-bond acceptors (Lipinski definition) is 6. The summed E-state index contributed by atoms with van der Waals surface area (Å²) in [6.45, 7) is 13.4. The van der Waals surface area contributed by atoms with E-state index in [1.165, 1.54) is 0 Å². The molecule has 156 valence electrons. The van der Waals surface area contributed by atoms with E-state index in [4.69, 9.17) is 27.6 Å². The summed E-state index contributed by atoms with van der Waals surface area (Å²) in [4.78, 5) is 0. The van der Waals surface area contributed by atoms with Gasteiger partial charge in [0.15, 0.2) is 22.9 Å². The van der Waals surface area contributed by atoms with Gasteiger partial charge in [-0.1, -0.05) is 30.3 Å². The topological polar surface area (TPSA) is 55.4 Å². The summed E-state index contributed by atoms with van der Waals surface area (Å²) in [5, 5.41) is 0. The fourth-order valence-corrected chi connectivity index (χ4v) is 5.20. The van der Waals surface area contributed by atoms with E-state index in [1.807, 2.05) is 30.3 Å². The highest BCUT2D eigenvalue weighted by Gasteiger charge is 2.56. The number of benzene rings is 1. The Hall–Kier alpha value is -0.521. The Morgan fingerprint density at radius 1 is 0.929 bits per heavy atom. The van der Waals surface area contributed by atoms with Gasteiger partial charge in [0.1, 0.15) is 18.3 Å². The lowest BCUT2D eigenvalue weighted by atomic mass is 9.79. The molecule has 2 aliphatic rings. The van der Waals surface area contributed by atoms with E-state index in [9.17, 15) is 0 Å². The van der Waals surface area contributed by atoms with Crippen molar-refractivity contribution >= 4 is 29.2 Å². The van der Waals surface area contributed by atoms with Crippen LogP contribution in [-0.4, -0.2) is 68.2 Å². The van der Waals surface area contributed by atoms with Gasteiger partial charge in [-0.15, -0.1) is 0 Å². The van der Waals surface area contributed by atoms with Crippen LogP contribution in [0.4, 0.5) is 0 Å². The highest BCUT2D eigenvalue weighted by molar-refractivity contribution is 6.70. The maximum absolute atomic E-state index is 6.43. The van der Waals surface area contributed by atoms with Gasteiger partial charge in [0.2, 0.25) is 0 Å². The van der Waals surface area contributed by atoms with Gasteiger partial charge in [-0.05, 0) is 44.7 Å². The first kappa shape index (κ1) is 22.2. The Morgan fingerprint density at radius 3 is 2.14 bits per heavy atom. The molecule has 0 unspecified atom stereocenters. The van der Waals surface area contributed by atoms with E-state index >= 15 is 0 Å². The van der Waals surface area contributed by atoms with E-state index in [2.05, 4.69) is 39.3 Å². The minimum atomic E-state index is -1.85. The highest BCUT2D eigenvalue weighted by atomic mass is 28.4. The van der Waals surface area contributed by atoms with Crippen LogP contribution < -0.4 is 5.46 Å². The van der Waals surface area contributed by atoms with Crippen LogP contribution in [-0.2, 0) is 27.6 Å². The zero-order chi connectivity index (χ0) is 20.5. The van der Waals surface area contributed by atoms with Gasteiger partial charge in [0.05, 0.1) is 12.7 Å². The van der Waals surface area contributed by atoms with Crippen molar-refractivity contribution in [2.24, 2.45) is 0 Å². The van der Waals surface area contributed by atoms with Crippen molar-refractivity contribution in [2.75, 3.05) is 13.7 Å². The molecule has 9 heteroatoms. The molecule has 0 aromatic heterocycles. The lowest BCUT2D eigenvalue weighted by Gasteiger charge is -2.44. The van der Waals surface area contributed by atoms with Crippen molar-refractivity contribution in [3.8, 4) is 0 Å². The molecule has 1 aromatic rings. The standard InChI is InChI=1S/C19H33BO6Si2/c1-21-19-18(26-28(5,6)7)17-16(15(23-19)13-22-27(2,3)4)24-20(25-17)14-11-9-8-10-12-14/h8-12,15-19H,13H2,1-7H3/t15-,16+,17+,18-,19+/m1/s1. The monoisotopic (exact) mass is 424 g/mol. The molecule has 0 amide bonds. The number of ether oxygens (including phenoxy) is 2. The number of methoxy groups -OCH3 is 1. The SMILES string of the molecule is CO[C@H]1O[C@H](CO[Si](C)(C)C)[C@@H]2OB(c3ccccc3)O[C@@H]2[C@H]1O[Si](C)(C)C. The largest absolute Gasteiger partial charge is 0.494 e. The smallest absolute Gasteiger partial charge is 0.415 e. The second kappa shape index (κ2) is 8.69. The minimum absolute atomic E-state index is 0.267. The Morgan fingerprint density at radius 2 is 1.57 bits per heavy atom. The van der Waals surface area contributed by atoms with Gasteiger partial charge in [-0.3, -0.25) is 0 Å². The molecule has 28 heavy (non-hydrogen) atoms. The predicted molar refractivity (Wildman–Crippen MR) is 115 cm³/mol. The zero-order valence-electron chi connectivity index (χ0n) is 18.0. The van der Waals surface area contributed by atoms with E-state index < -0.39 is 30.0 Å². The van der Waals surface area contributed by atoms with Gasteiger partial charge in [-0.25, -0.2) is 0 Å². The zero-order valence-corrected chi connectivity index (χ0v) is 20.0. The van der Waals surface area contributed by atoms with E-state index in [-0.39, 0.29) is 24.4 Å². The second-order valence-corrected chi connectivity index (χ2v) is 18.3. The van der Waals surface area contributed by atoms with Crippen molar-refractivity contribution < 1.29 is 27.6 Å². The fourth-order valence-electron chi connectivity index (χ4n) is 3.47. The van der Waals surface area contributed by atoms with Gasteiger partial charge >= 0.3 is 7.12 Å². The summed E-state index contributed by atoms with van der Waals surface area (Å²) in [6, 6.07) is 9.98. The number of rotatable bonds is 7. The van der Waals surface area contributed by atoms with Crippen LogP contribution in [0.2, 0.25) is 39.3 Å². The lowest BCUT2D eigenvalue weighted by molar-refractivity contribution is -0.269. The molecular weight excluding hydrogens is 391 g/mol. The van der Waals surface area contributed by atoms with Crippen molar-refractivity contribution in [1.29, 1.82) is 0 Å². The van der Waals surface area contributed by atoms with E-state index in [1.54, 1.807) is 7.11 Å². The molecule has 1 aromatic carbocycles. The van der Waals surface area contributed by atoms with Crippen LogP contribution in [0.25, 0.3) is 0 Å². The quantitative estimate of drug-likeness (QED) is 0.628. The van der Waals surface area contributed by atoms with E-state index in [0.717, 1.165) is 5.46 Å². The molecule has 0 aliphatic carbocycles. The summed E-state index contributed by atoms with van der Waals surface area (Å²) in [5.41, 5.74) is 0.988. The second-order valence-electron chi connectivity index (χ2n) is 9.34. The molecule has 2 heterocycles. The molecule has 2 saturated heterocycles. The molecule has 2 fully saturated rings. The van der Waals surface area contributed by atoms with Crippen molar-refractivity contribution in [2.45, 2.75) is 70.0 Å². The molecule has 0 bridgehead atoms. The molecule has 0 saturated carbocycles. The summed E-state index contributed by atoms with van der Waals surface area (Å²) in [7, 11) is -2.35. The first-order valence-electron chi connectivity index (χ1n) is 9.93. The Balaban J connectivity index is 1.84. The molecule has 0 radical (unpaired) electrons. The van der Waals surface area contributed by atoms with Crippen molar-refractivity contribution in [1.82, 2.24) is 0 Å². The average Bonchev–Trinajstić information content (AvgIpc) is 3.05. The normalized spacial score (nSPS) is 31.1. The van der Waals surface area contributed by atoms with Crippen LogP contribution in [0.1, 0.15) is 0 Å². The van der Waals surface area contributed by atoms with E-state index in [0.29, 0.717) is 6.61 Å². The molecule has 0 spiro atoms. The Kier molecular flexibility index (Phi) is 6.88. The number of fused-ring (bicyclic) bond motifs is 1. The third-order valence-electron chi connectivity index (χ3n) is 4.63. The third kappa shape index (κ3) is 5.54. The lowest BCUT2D eigenvalue weighted by Crippen LogP contribution is -2.61. The molecule has 2 aliphatic heterocycles. The van der Waals surface area contributed by atoms with Crippen LogP contribution in [0, 0.1) is 0 Å². The molecule has 3 rings (SSSR count). The number of hydrogen-bond donors (Lipinski definition) is 0. The van der Waals surface area contributed by atoms with Gasteiger partial charge in [0.25, 0.3) is 0 Å². The Bertz CT molecular complexity index is 636. The first-order chi connectivity index (χ1) is 13.1. The summed E-state index contributed by atoms with van der Waals surface area (Å²) in [6.07, 6.45) is -1.66. The molecule has 5 atom stereocenters. The Labute approximate surface area is 171 Å². The molecular formula is C19H33BO6Si2. The summed E-state index contributed by atoms with van der Waals surface area (Å²) >= 11 is 0. The third-order valence-corrected chi connectivity index (χ3v) is 6.64.